The van der Waals surface area contributed by atoms with Crippen molar-refractivity contribution in [1.82, 2.24) is 5.43 Å². The van der Waals surface area contributed by atoms with Crippen molar-refractivity contribution in [3.63, 3.8) is 0 Å². The molecule has 0 aliphatic carbocycles. The average molecular weight is 401 g/mol. The van der Waals surface area contributed by atoms with Crippen LogP contribution in [0, 0.1) is 13.8 Å². The van der Waals surface area contributed by atoms with Crippen LogP contribution in [-0.4, -0.2) is 17.7 Å². The van der Waals surface area contributed by atoms with Gasteiger partial charge in [0.25, 0.3) is 5.91 Å². The molecule has 4 heteroatoms. The Kier molecular flexibility index (Phi) is 7.02. The molecule has 0 saturated carbocycles. The number of aryl methyl sites for hydroxylation is 2. The Morgan fingerprint density at radius 3 is 1.97 bits per heavy atom. The minimum absolute atomic E-state index is 0.0383. The van der Waals surface area contributed by atoms with Gasteiger partial charge in [-0.25, -0.2) is 5.43 Å². The Hall–Kier alpha value is -3.40. The van der Waals surface area contributed by atoms with Crippen LogP contribution in [0.4, 0.5) is 0 Å². The van der Waals surface area contributed by atoms with E-state index in [0.29, 0.717) is 5.75 Å². The van der Waals surface area contributed by atoms with Gasteiger partial charge in [0, 0.05) is 11.6 Å². The van der Waals surface area contributed by atoms with Crippen molar-refractivity contribution in [1.29, 1.82) is 0 Å². The number of hydrogen-bond donors (Lipinski definition) is 1. The second-order valence-electron chi connectivity index (χ2n) is 7.49. The van der Waals surface area contributed by atoms with E-state index in [0.717, 1.165) is 22.4 Å². The molecule has 0 spiro atoms. The fourth-order valence-corrected chi connectivity index (χ4v) is 3.31. The first kappa shape index (κ1) is 21.3. The van der Waals surface area contributed by atoms with Gasteiger partial charge in [-0.05, 0) is 62.1 Å². The summed E-state index contributed by atoms with van der Waals surface area (Å²) in [4.78, 5) is 12.6. The first-order valence-electron chi connectivity index (χ1n) is 10.1. The summed E-state index contributed by atoms with van der Waals surface area (Å²) in [6, 6.07) is 26.1. The number of nitrogens with zero attached hydrogens (tertiary/aromatic N) is 1. The standard InChI is InChI=1S/C26H28N2O2/c1-18-15-16-24(17-19(18)2)30-21(4)26(29)28-27-20(3)25(22-11-7-5-8-12-22)23-13-9-6-10-14-23/h5-17,21,25H,1-4H3,(H,28,29)/b27-20+. The van der Waals surface area contributed by atoms with Crippen LogP contribution in [0.25, 0.3) is 0 Å². The van der Waals surface area contributed by atoms with E-state index in [2.05, 4.69) is 34.8 Å². The molecular formula is C26H28N2O2. The molecule has 0 fully saturated rings. The Morgan fingerprint density at radius 2 is 1.43 bits per heavy atom. The smallest absolute Gasteiger partial charge is 0.280 e. The molecule has 4 nitrogen and oxygen atoms in total. The third-order valence-corrected chi connectivity index (χ3v) is 5.19. The topological polar surface area (TPSA) is 50.7 Å². The van der Waals surface area contributed by atoms with E-state index in [-0.39, 0.29) is 11.8 Å². The second-order valence-corrected chi connectivity index (χ2v) is 7.49. The highest BCUT2D eigenvalue weighted by atomic mass is 16.5. The van der Waals surface area contributed by atoms with E-state index in [1.165, 1.54) is 5.56 Å². The molecule has 3 aromatic rings. The number of amides is 1. The lowest BCUT2D eigenvalue weighted by atomic mass is 9.88. The molecule has 1 N–H and O–H groups in total. The molecule has 0 aliphatic heterocycles. The zero-order valence-corrected chi connectivity index (χ0v) is 17.9. The Balaban J connectivity index is 1.73. The summed E-state index contributed by atoms with van der Waals surface area (Å²) < 4.78 is 5.79. The highest BCUT2D eigenvalue weighted by Crippen LogP contribution is 2.26. The number of carbonyl (C=O) groups is 1. The lowest BCUT2D eigenvalue weighted by molar-refractivity contribution is -0.127. The molecule has 0 aromatic heterocycles. The fraction of sp³-hybridized carbons (Fsp3) is 0.231. The lowest BCUT2D eigenvalue weighted by Gasteiger charge is -2.19. The van der Waals surface area contributed by atoms with Crippen molar-refractivity contribution in [3.05, 3.63) is 101 Å². The van der Waals surface area contributed by atoms with Gasteiger partial charge in [0.2, 0.25) is 0 Å². The van der Waals surface area contributed by atoms with Crippen LogP contribution in [-0.2, 0) is 4.79 Å². The molecule has 30 heavy (non-hydrogen) atoms. The van der Waals surface area contributed by atoms with E-state index in [4.69, 9.17) is 4.74 Å². The van der Waals surface area contributed by atoms with Gasteiger partial charge >= 0.3 is 0 Å². The molecule has 0 aliphatic rings. The SMILES string of the molecule is C/C(=N\NC(=O)C(C)Oc1ccc(C)c(C)c1)C(c1ccccc1)c1ccccc1. The maximum Gasteiger partial charge on any atom is 0.280 e. The molecule has 1 unspecified atom stereocenters. The number of hydrogen-bond acceptors (Lipinski definition) is 3. The highest BCUT2D eigenvalue weighted by Gasteiger charge is 2.19. The lowest BCUT2D eigenvalue weighted by Crippen LogP contribution is -2.34. The molecule has 154 valence electrons. The minimum Gasteiger partial charge on any atom is -0.481 e. The van der Waals surface area contributed by atoms with Gasteiger partial charge in [0.15, 0.2) is 6.10 Å². The van der Waals surface area contributed by atoms with Crippen molar-refractivity contribution in [2.45, 2.75) is 39.7 Å². The highest BCUT2D eigenvalue weighted by molar-refractivity contribution is 5.93. The van der Waals surface area contributed by atoms with Crippen LogP contribution in [0.2, 0.25) is 0 Å². The van der Waals surface area contributed by atoms with Crippen molar-refractivity contribution in [2.24, 2.45) is 5.10 Å². The third kappa shape index (κ3) is 5.35. The summed E-state index contributed by atoms with van der Waals surface area (Å²) in [5.74, 6) is 0.351. The van der Waals surface area contributed by atoms with Gasteiger partial charge in [0.1, 0.15) is 5.75 Å². The summed E-state index contributed by atoms with van der Waals surface area (Å²) in [6.45, 7) is 7.72. The van der Waals surface area contributed by atoms with E-state index in [9.17, 15) is 4.79 Å². The van der Waals surface area contributed by atoms with Crippen molar-refractivity contribution >= 4 is 11.6 Å². The predicted molar refractivity (Wildman–Crippen MR) is 122 cm³/mol. The number of benzene rings is 3. The van der Waals surface area contributed by atoms with E-state index in [1.54, 1.807) is 6.92 Å². The van der Waals surface area contributed by atoms with Gasteiger partial charge in [-0.3, -0.25) is 4.79 Å². The zero-order valence-electron chi connectivity index (χ0n) is 17.9. The van der Waals surface area contributed by atoms with Crippen molar-refractivity contribution in [3.8, 4) is 5.75 Å². The Bertz CT molecular complexity index is 974. The summed E-state index contributed by atoms with van der Waals surface area (Å²) >= 11 is 0. The van der Waals surface area contributed by atoms with E-state index >= 15 is 0 Å². The largest absolute Gasteiger partial charge is 0.481 e. The average Bonchev–Trinajstić information content (AvgIpc) is 2.76. The van der Waals surface area contributed by atoms with Gasteiger partial charge in [-0.2, -0.15) is 5.10 Å². The van der Waals surface area contributed by atoms with Gasteiger partial charge in [-0.1, -0.05) is 66.7 Å². The van der Waals surface area contributed by atoms with E-state index < -0.39 is 6.10 Å². The van der Waals surface area contributed by atoms with Crippen LogP contribution in [0.15, 0.2) is 84.0 Å². The molecule has 3 rings (SSSR count). The van der Waals surface area contributed by atoms with Crippen LogP contribution >= 0.6 is 0 Å². The summed E-state index contributed by atoms with van der Waals surface area (Å²) in [7, 11) is 0. The second kappa shape index (κ2) is 9.88. The first-order valence-corrected chi connectivity index (χ1v) is 10.1. The monoisotopic (exact) mass is 400 g/mol. The first-order chi connectivity index (χ1) is 14.5. The number of rotatable bonds is 7. The number of carbonyl (C=O) groups excluding carboxylic acids is 1. The predicted octanol–water partition coefficient (Wildman–Crippen LogP) is 5.39. The Morgan fingerprint density at radius 1 is 0.867 bits per heavy atom. The number of ether oxygens (including phenoxy) is 1. The maximum absolute atomic E-state index is 12.6. The van der Waals surface area contributed by atoms with Gasteiger partial charge in [-0.15, -0.1) is 0 Å². The van der Waals surface area contributed by atoms with Crippen LogP contribution in [0.1, 0.15) is 42.0 Å². The number of nitrogens with one attached hydrogen (secondary N) is 1. The van der Waals surface area contributed by atoms with Gasteiger partial charge in [0.05, 0.1) is 0 Å². The zero-order chi connectivity index (χ0) is 21.5. The maximum atomic E-state index is 12.6. The summed E-state index contributed by atoms with van der Waals surface area (Å²) in [5, 5.41) is 4.41. The Labute approximate surface area is 178 Å². The van der Waals surface area contributed by atoms with E-state index in [1.807, 2.05) is 75.4 Å². The third-order valence-electron chi connectivity index (χ3n) is 5.19. The molecule has 0 radical (unpaired) electrons. The molecule has 1 atom stereocenters. The van der Waals surface area contributed by atoms with Crippen molar-refractivity contribution in [2.75, 3.05) is 0 Å². The van der Waals surface area contributed by atoms with Crippen LogP contribution < -0.4 is 10.2 Å². The molecule has 1 amide bonds. The normalized spacial score (nSPS) is 12.5. The fourth-order valence-electron chi connectivity index (χ4n) is 3.31. The summed E-state index contributed by atoms with van der Waals surface area (Å²) in [5.41, 5.74) is 8.04. The number of hydrazone groups is 1. The van der Waals surface area contributed by atoms with Gasteiger partial charge < -0.3 is 4.74 Å². The molecule has 3 aromatic carbocycles. The quantitative estimate of drug-likeness (QED) is 0.427. The molecule has 0 saturated heterocycles. The molecular weight excluding hydrogens is 372 g/mol. The minimum atomic E-state index is -0.657. The van der Waals surface area contributed by atoms with Crippen LogP contribution in [0.3, 0.4) is 0 Å². The van der Waals surface area contributed by atoms with Crippen LogP contribution in [0.5, 0.6) is 5.75 Å². The summed E-state index contributed by atoms with van der Waals surface area (Å²) in [6.07, 6.45) is -0.657. The molecule has 0 bridgehead atoms. The molecule has 0 heterocycles. The van der Waals surface area contributed by atoms with Crippen molar-refractivity contribution < 1.29 is 9.53 Å².